The first-order valence-electron chi connectivity index (χ1n) is 7.08. The highest BCUT2D eigenvalue weighted by atomic mass is 35.5. The van der Waals surface area contributed by atoms with E-state index in [2.05, 4.69) is 5.16 Å². The zero-order chi connectivity index (χ0) is 16.6. The monoisotopic (exact) mass is 356 g/mol. The number of benzene rings is 1. The van der Waals surface area contributed by atoms with Crippen molar-refractivity contribution < 1.29 is 14.4 Å². The van der Waals surface area contributed by atoms with Crippen molar-refractivity contribution in [3.63, 3.8) is 0 Å². The van der Waals surface area contributed by atoms with Gasteiger partial charge in [0.1, 0.15) is 5.76 Å². The third-order valence-corrected chi connectivity index (χ3v) is 4.50. The Bertz CT molecular complexity index is 766. The van der Waals surface area contributed by atoms with Crippen LogP contribution in [0.2, 0.25) is 10.0 Å². The summed E-state index contributed by atoms with van der Waals surface area (Å²) in [5, 5.41) is 12.6. The second-order valence-electron chi connectivity index (χ2n) is 5.53. The number of rotatable bonds is 2. The average molecular weight is 357 g/mol. The molecule has 0 radical (unpaired) electrons. The van der Waals surface area contributed by atoms with Crippen LogP contribution in [0.3, 0.4) is 0 Å². The Hall–Kier alpha value is -1.92. The zero-order valence-corrected chi connectivity index (χ0v) is 13.5. The molecule has 1 amide bonds. The standard InChI is InChI=1S/C15H14Cl2N2O4/c16-10-3-9(4-11(17)6-10)12-5-8(1-2-19(12)15(21)22)13-7-14(20)18-23-13/h3-4,6-8,12H,1-2,5H2,(H,18,20)(H,21,22)/t8-,12-/m1/s1. The van der Waals surface area contributed by atoms with Crippen LogP contribution in [0.25, 0.3) is 0 Å². The Kier molecular flexibility index (Phi) is 4.37. The number of amides is 1. The lowest BCUT2D eigenvalue weighted by molar-refractivity contribution is 0.0968. The lowest BCUT2D eigenvalue weighted by atomic mass is 9.86. The van der Waals surface area contributed by atoms with Crippen molar-refractivity contribution in [2.45, 2.75) is 24.8 Å². The Morgan fingerprint density at radius 1 is 1.26 bits per heavy atom. The molecule has 122 valence electrons. The van der Waals surface area contributed by atoms with E-state index < -0.39 is 12.1 Å². The molecule has 0 saturated carbocycles. The number of likely N-dealkylation sites (tertiary alicyclic amines) is 1. The van der Waals surface area contributed by atoms with Crippen LogP contribution < -0.4 is 5.56 Å². The van der Waals surface area contributed by atoms with Gasteiger partial charge in [0.2, 0.25) is 0 Å². The number of piperidine rings is 1. The third-order valence-electron chi connectivity index (χ3n) is 4.06. The first-order valence-corrected chi connectivity index (χ1v) is 7.83. The molecule has 23 heavy (non-hydrogen) atoms. The van der Waals surface area contributed by atoms with Crippen molar-refractivity contribution in [2.24, 2.45) is 0 Å². The van der Waals surface area contributed by atoms with Gasteiger partial charge in [0.05, 0.1) is 6.04 Å². The minimum absolute atomic E-state index is 0.0488. The third kappa shape index (κ3) is 3.38. The van der Waals surface area contributed by atoms with Crippen molar-refractivity contribution in [1.82, 2.24) is 10.1 Å². The topological polar surface area (TPSA) is 86.5 Å². The van der Waals surface area contributed by atoms with Gasteiger partial charge in [-0.15, -0.1) is 0 Å². The number of aromatic nitrogens is 1. The van der Waals surface area contributed by atoms with Crippen LogP contribution in [0, 0.1) is 0 Å². The Morgan fingerprint density at radius 3 is 2.52 bits per heavy atom. The van der Waals surface area contributed by atoms with Gasteiger partial charge in [0.25, 0.3) is 5.56 Å². The lowest BCUT2D eigenvalue weighted by Gasteiger charge is -2.37. The van der Waals surface area contributed by atoms with E-state index in [1.165, 1.54) is 11.0 Å². The molecule has 6 nitrogen and oxygen atoms in total. The van der Waals surface area contributed by atoms with Gasteiger partial charge < -0.3 is 14.5 Å². The van der Waals surface area contributed by atoms with Crippen LogP contribution in [0.5, 0.6) is 0 Å². The fraction of sp³-hybridized carbons (Fsp3) is 0.333. The molecule has 1 aliphatic heterocycles. The molecule has 1 aromatic heterocycles. The maximum Gasteiger partial charge on any atom is 0.407 e. The fourth-order valence-corrected chi connectivity index (χ4v) is 3.58. The molecule has 2 atom stereocenters. The summed E-state index contributed by atoms with van der Waals surface area (Å²) in [6.07, 6.45) is 0.0712. The summed E-state index contributed by atoms with van der Waals surface area (Å²) in [5.41, 5.74) is 0.426. The van der Waals surface area contributed by atoms with Gasteiger partial charge in [0.15, 0.2) is 0 Å². The number of nitrogens with one attached hydrogen (secondary N) is 1. The van der Waals surface area contributed by atoms with Crippen molar-refractivity contribution in [3.8, 4) is 0 Å². The molecule has 2 N–H and O–H groups in total. The number of aromatic amines is 1. The first kappa shape index (κ1) is 16.0. The first-order chi connectivity index (χ1) is 10.9. The second-order valence-corrected chi connectivity index (χ2v) is 6.40. The summed E-state index contributed by atoms with van der Waals surface area (Å²) in [7, 11) is 0. The molecule has 2 aromatic rings. The van der Waals surface area contributed by atoms with Crippen molar-refractivity contribution in [3.05, 3.63) is 56.0 Å². The zero-order valence-electron chi connectivity index (χ0n) is 12.0. The molecule has 0 bridgehead atoms. The average Bonchev–Trinajstić information content (AvgIpc) is 2.92. The summed E-state index contributed by atoms with van der Waals surface area (Å²) in [5.74, 6) is 0.491. The highest BCUT2D eigenvalue weighted by Gasteiger charge is 2.35. The van der Waals surface area contributed by atoms with E-state index in [1.807, 2.05) is 0 Å². The highest BCUT2D eigenvalue weighted by molar-refractivity contribution is 6.34. The van der Waals surface area contributed by atoms with Gasteiger partial charge in [-0.05, 0) is 36.6 Å². The molecule has 0 aliphatic carbocycles. The molecular weight excluding hydrogens is 343 g/mol. The molecule has 0 unspecified atom stereocenters. The Morgan fingerprint density at radius 2 is 1.96 bits per heavy atom. The number of H-pyrrole nitrogens is 1. The second kappa shape index (κ2) is 6.29. The summed E-state index contributed by atoms with van der Waals surface area (Å²) >= 11 is 12.1. The van der Waals surface area contributed by atoms with E-state index in [9.17, 15) is 14.7 Å². The number of halogens is 2. The highest BCUT2D eigenvalue weighted by Crippen LogP contribution is 2.40. The Labute approximate surface area is 141 Å². The van der Waals surface area contributed by atoms with E-state index >= 15 is 0 Å². The van der Waals surface area contributed by atoms with Crippen molar-refractivity contribution >= 4 is 29.3 Å². The largest absolute Gasteiger partial charge is 0.465 e. The maximum atomic E-state index is 11.5. The number of hydrogen-bond acceptors (Lipinski definition) is 3. The number of hydrogen-bond donors (Lipinski definition) is 2. The SMILES string of the molecule is O=C(O)N1CC[C@@H](c2cc(=O)[nH]o2)C[C@@H]1c1cc(Cl)cc(Cl)c1. The van der Waals surface area contributed by atoms with Gasteiger partial charge >= 0.3 is 6.09 Å². The minimum Gasteiger partial charge on any atom is -0.465 e. The molecular formula is C15H14Cl2N2O4. The van der Waals surface area contributed by atoms with E-state index in [0.29, 0.717) is 35.2 Å². The van der Waals surface area contributed by atoms with E-state index in [1.54, 1.807) is 18.2 Å². The Balaban J connectivity index is 1.94. The van der Waals surface area contributed by atoms with Crippen LogP contribution >= 0.6 is 23.2 Å². The van der Waals surface area contributed by atoms with Crippen LogP contribution in [0.4, 0.5) is 4.79 Å². The van der Waals surface area contributed by atoms with Crippen LogP contribution in [0.15, 0.2) is 33.6 Å². The fourth-order valence-electron chi connectivity index (χ4n) is 3.03. The van der Waals surface area contributed by atoms with Gasteiger partial charge in [-0.3, -0.25) is 4.79 Å². The molecule has 1 fully saturated rings. The predicted molar refractivity (Wildman–Crippen MR) is 85.2 cm³/mol. The molecule has 1 aromatic carbocycles. The van der Waals surface area contributed by atoms with Crippen LogP contribution in [-0.2, 0) is 0 Å². The van der Waals surface area contributed by atoms with E-state index in [-0.39, 0.29) is 11.5 Å². The molecule has 1 aliphatic rings. The minimum atomic E-state index is -1.000. The normalized spacial score (nSPS) is 21.4. The predicted octanol–water partition coefficient (Wildman–Crippen LogP) is 3.87. The summed E-state index contributed by atoms with van der Waals surface area (Å²) in [6, 6.07) is 6.03. The quantitative estimate of drug-likeness (QED) is 0.854. The van der Waals surface area contributed by atoms with Gasteiger partial charge in [0, 0.05) is 28.6 Å². The summed E-state index contributed by atoms with van der Waals surface area (Å²) < 4.78 is 5.18. The van der Waals surface area contributed by atoms with E-state index in [0.717, 1.165) is 5.56 Å². The molecule has 1 saturated heterocycles. The molecule has 8 heteroatoms. The van der Waals surface area contributed by atoms with Crippen LogP contribution in [-0.4, -0.2) is 27.8 Å². The van der Waals surface area contributed by atoms with Crippen LogP contribution in [0.1, 0.15) is 36.1 Å². The van der Waals surface area contributed by atoms with Crippen molar-refractivity contribution in [1.29, 1.82) is 0 Å². The number of nitrogens with zero attached hydrogens (tertiary/aromatic N) is 1. The summed E-state index contributed by atoms with van der Waals surface area (Å²) in [6.45, 7) is 0.337. The maximum absolute atomic E-state index is 11.5. The smallest absolute Gasteiger partial charge is 0.407 e. The lowest BCUT2D eigenvalue weighted by Crippen LogP contribution is -2.39. The van der Waals surface area contributed by atoms with Crippen molar-refractivity contribution in [2.75, 3.05) is 6.54 Å². The number of carboxylic acid groups (broad SMARTS) is 1. The molecule has 2 heterocycles. The van der Waals surface area contributed by atoms with Gasteiger partial charge in [-0.2, -0.15) is 5.16 Å². The van der Waals surface area contributed by atoms with Gasteiger partial charge in [-0.25, -0.2) is 4.79 Å². The summed E-state index contributed by atoms with van der Waals surface area (Å²) in [4.78, 5) is 24.2. The molecule has 3 rings (SSSR count). The van der Waals surface area contributed by atoms with Gasteiger partial charge in [-0.1, -0.05) is 23.2 Å². The number of carbonyl (C=O) groups is 1. The van der Waals surface area contributed by atoms with E-state index in [4.69, 9.17) is 27.7 Å². The molecule has 0 spiro atoms.